The van der Waals surface area contributed by atoms with E-state index in [-0.39, 0.29) is 35.9 Å². The predicted molar refractivity (Wildman–Crippen MR) is 117 cm³/mol. The molecule has 2 aromatic rings. The Labute approximate surface area is 182 Å². The molecule has 0 radical (unpaired) electrons. The smallest absolute Gasteiger partial charge is 0.254 e. The van der Waals surface area contributed by atoms with E-state index in [4.69, 9.17) is 16.3 Å². The van der Waals surface area contributed by atoms with Crippen LogP contribution in [0.25, 0.3) is 0 Å². The van der Waals surface area contributed by atoms with Gasteiger partial charge in [0.25, 0.3) is 5.91 Å². The SMILES string of the molecule is CC1CN(C(=O)c2ccc(CNC(=O)C3CC3c3ccc(Cl)cc3)cc2)CC(C)O1. The van der Waals surface area contributed by atoms with Crippen LogP contribution in [0.1, 0.15) is 47.7 Å². The third-order valence-electron chi connectivity index (χ3n) is 5.80. The minimum Gasteiger partial charge on any atom is -0.372 e. The van der Waals surface area contributed by atoms with E-state index in [0.717, 1.165) is 17.5 Å². The van der Waals surface area contributed by atoms with E-state index >= 15 is 0 Å². The third kappa shape index (κ3) is 4.85. The zero-order valence-corrected chi connectivity index (χ0v) is 18.1. The maximum absolute atomic E-state index is 12.8. The summed E-state index contributed by atoms with van der Waals surface area (Å²) in [6, 6.07) is 15.2. The lowest BCUT2D eigenvalue weighted by Gasteiger charge is -2.35. The molecule has 0 aromatic heterocycles. The summed E-state index contributed by atoms with van der Waals surface area (Å²) < 4.78 is 5.70. The average molecular weight is 427 g/mol. The molecule has 30 heavy (non-hydrogen) atoms. The van der Waals surface area contributed by atoms with E-state index in [0.29, 0.717) is 30.2 Å². The summed E-state index contributed by atoms with van der Waals surface area (Å²) in [5, 5.41) is 3.73. The Bertz CT molecular complexity index is 903. The lowest BCUT2D eigenvalue weighted by atomic mass is 10.1. The maximum Gasteiger partial charge on any atom is 0.254 e. The highest BCUT2D eigenvalue weighted by Gasteiger charge is 2.43. The molecule has 1 N–H and O–H groups in total. The van der Waals surface area contributed by atoms with E-state index < -0.39 is 0 Å². The topological polar surface area (TPSA) is 58.6 Å². The largest absolute Gasteiger partial charge is 0.372 e. The van der Waals surface area contributed by atoms with Crippen LogP contribution in [-0.2, 0) is 16.1 Å². The van der Waals surface area contributed by atoms with E-state index in [1.54, 1.807) is 0 Å². The number of nitrogens with one attached hydrogen (secondary N) is 1. The molecule has 4 rings (SSSR count). The summed E-state index contributed by atoms with van der Waals surface area (Å²) in [6.45, 7) is 5.65. The van der Waals surface area contributed by atoms with Gasteiger partial charge in [0.1, 0.15) is 0 Å². The average Bonchev–Trinajstić information content (AvgIpc) is 3.53. The van der Waals surface area contributed by atoms with Crippen LogP contribution in [-0.4, -0.2) is 42.0 Å². The second-order valence-electron chi connectivity index (χ2n) is 8.38. The van der Waals surface area contributed by atoms with Gasteiger partial charge in [-0.2, -0.15) is 0 Å². The van der Waals surface area contributed by atoms with Gasteiger partial charge in [0, 0.05) is 36.1 Å². The van der Waals surface area contributed by atoms with Crippen molar-refractivity contribution in [1.82, 2.24) is 10.2 Å². The van der Waals surface area contributed by atoms with Crippen LogP contribution in [0.4, 0.5) is 0 Å². The highest BCUT2D eigenvalue weighted by atomic mass is 35.5. The second-order valence-corrected chi connectivity index (χ2v) is 8.82. The number of amides is 2. The third-order valence-corrected chi connectivity index (χ3v) is 6.05. The maximum atomic E-state index is 12.8. The molecule has 1 aliphatic heterocycles. The van der Waals surface area contributed by atoms with Crippen molar-refractivity contribution in [3.8, 4) is 0 Å². The van der Waals surface area contributed by atoms with Gasteiger partial charge in [0.05, 0.1) is 12.2 Å². The second kappa shape index (κ2) is 8.78. The summed E-state index contributed by atoms with van der Waals surface area (Å²) in [6.07, 6.45) is 0.967. The first kappa shape index (κ1) is 20.9. The summed E-state index contributed by atoms with van der Waals surface area (Å²) in [5.41, 5.74) is 2.80. The van der Waals surface area contributed by atoms with Crippen LogP contribution in [0.2, 0.25) is 5.02 Å². The number of carbonyl (C=O) groups excluding carboxylic acids is 2. The molecular formula is C24H27ClN2O3. The molecule has 4 atom stereocenters. The van der Waals surface area contributed by atoms with Gasteiger partial charge >= 0.3 is 0 Å². The minimum absolute atomic E-state index is 0.0244. The number of ether oxygens (including phenoxy) is 1. The first-order valence-electron chi connectivity index (χ1n) is 10.5. The van der Waals surface area contributed by atoms with Crippen LogP contribution in [0.5, 0.6) is 0 Å². The van der Waals surface area contributed by atoms with Gasteiger partial charge < -0.3 is 15.0 Å². The number of hydrogen-bond acceptors (Lipinski definition) is 3. The number of carbonyl (C=O) groups is 2. The van der Waals surface area contributed by atoms with Crippen LogP contribution < -0.4 is 5.32 Å². The summed E-state index contributed by atoms with van der Waals surface area (Å²) in [7, 11) is 0. The monoisotopic (exact) mass is 426 g/mol. The molecule has 1 aliphatic carbocycles. The van der Waals surface area contributed by atoms with Crippen LogP contribution in [0.15, 0.2) is 48.5 Å². The minimum atomic E-state index is 0.0244. The molecule has 2 aromatic carbocycles. The fourth-order valence-electron chi connectivity index (χ4n) is 4.17. The quantitative estimate of drug-likeness (QED) is 0.785. The normalized spacial score (nSPS) is 25.6. The molecule has 1 heterocycles. The number of benzene rings is 2. The molecule has 5 nitrogen and oxygen atoms in total. The van der Waals surface area contributed by atoms with Crippen molar-refractivity contribution in [2.24, 2.45) is 5.92 Å². The first-order valence-corrected chi connectivity index (χ1v) is 10.9. The Balaban J connectivity index is 1.28. The fourth-order valence-corrected chi connectivity index (χ4v) is 4.30. The molecule has 2 aliphatic rings. The standard InChI is InChI=1S/C24H27ClN2O3/c1-15-13-27(14-16(2)30-15)24(29)19-5-3-17(4-6-19)12-26-23(28)22-11-21(22)18-7-9-20(25)10-8-18/h3-10,15-16,21-22H,11-14H2,1-2H3,(H,26,28). The number of halogens is 1. The fraction of sp³-hybridized carbons (Fsp3) is 0.417. The Morgan fingerprint density at radius 2 is 1.67 bits per heavy atom. The molecule has 0 spiro atoms. The summed E-state index contributed by atoms with van der Waals surface area (Å²) >= 11 is 5.93. The molecule has 0 bridgehead atoms. The van der Waals surface area contributed by atoms with Gasteiger partial charge in [-0.15, -0.1) is 0 Å². The van der Waals surface area contributed by atoms with Gasteiger partial charge in [-0.25, -0.2) is 0 Å². The van der Waals surface area contributed by atoms with Crippen molar-refractivity contribution in [2.75, 3.05) is 13.1 Å². The molecule has 2 fully saturated rings. The Morgan fingerprint density at radius 1 is 1.03 bits per heavy atom. The molecule has 1 saturated carbocycles. The molecule has 158 valence electrons. The lowest BCUT2D eigenvalue weighted by Crippen LogP contribution is -2.48. The van der Waals surface area contributed by atoms with Crippen LogP contribution >= 0.6 is 11.6 Å². The predicted octanol–water partition coefficient (Wildman–Crippen LogP) is 4.01. The van der Waals surface area contributed by atoms with E-state index in [9.17, 15) is 9.59 Å². The summed E-state index contributed by atoms with van der Waals surface area (Å²) in [4.78, 5) is 27.1. The van der Waals surface area contributed by atoms with Crippen molar-refractivity contribution < 1.29 is 14.3 Å². The molecule has 6 heteroatoms. The number of morpholine rings is 1. The Morgan fingerprint density at radius 3 is 2.30 bits per heavy atom. The highest BCUT2D eigenvalue weighted by molar-refractivity contribution is 6.30. The zero-order chi connectivity index (χ0) is 21.3. The van der Waals surface area contributed by atoms with Gasteiger partial charge in [0.2, 0.25) is 5.91 Å². The van der Waals surface area contributed by atoms with Gasteiger partial charge in [-0.1, -0.05) is 35.9 Å². The van der Waals surface area contributed by atoms with Crippen molar-refractivity contribution in [1.29, 1.82) is 0 Å². The highest BCUT2D eigenvalue weighted by Crippen LogP contribution is 2.47. The molecule has 1 saturated heterocycles. The lowest BCUT2D eigenvalue weighted by molar-refractivity contribution is -0.122. The van der Waals surface area contributed by atoms with E-state index in [2.05, 4.69) is 5.32 Å². The zero-order valence-electron chi connectivity index (χ0n) is 17.3. The van der Waals surface area contributed by atoms with Crippen LogP contribution in [0.3, 0.4) is 0 Å². The Kier molecular flexibility index (Phi) is 6.11. The van der Waals surface area contributed by atoms with E-state index in [1.807, 2.05) is 67.3 Å². The number of rotatable bonds is 5. The van der Waals surface area contributed by atoms with E-state index in [1.165, 1.54) is 0 Å². The van der Waals surface area contributed by atoms with Crippen molar-refractivity contribution >= 4 is 23.4 Å². The number of nitrogens with zero attached hydrogens (tertiary/aromatic N) is 1. The van der Waals surface area contributed by atoms with Crippen molar-refractivity contribution in [2.45, 2.75) is 44.9 Å². The van der Waals surface area contributed by atoms with Crippen molar-refractivity contribution in [3.63, 3.8) is 0 Å². The van der Waals surface area contributed by atoms with Crippen LogP contribution in [0, 0.1) is 5.92 Å². The molecule has 4 unspecified atom stereocenters. The first-order chi connectivity index (χ1) is 14.4. The van der Waals surface area contributed by atoms with Gasteiger partial charge in [-0.05, 0) is 61.6 Å². The van der Waals surface area contributed by atoms with Gasteiger partial charge in [0.15, 0.2) is 0 Å². The Hall–Kier alpha value is -2.37. The molecular weight excluding hydrogens is 400 g/mol. The molecule has 2 amide bonds. The summed E-state index contributed by atoms with van der Waals surface area (Å²) in [5.74, 6) is 0.403. The van der Waals surface area contributed by atoms with Gasteiger partial charge in [-0.3, -0.25) is 9.59 Å². The van der Waals surface area contributed by atoms with Crippen molar-refractivity contribution in [3.05, 3.63) is 70.2 Å². The number of hydrogen-bond donors (Lipinski definition) is 1.